The number of carbonyl (C=O) groups is 2. The lowest BCUT2D eigenvalue weighted by Gasteiger charge is -2.24. The number of nitrogens with zero attached hydrogens (tertiary/aromatic N) is 2. The van der Waals surface area contributed by atoms with E-state index in [1.54, 1.807) is 42.6 Å². The Morgan fingerprint density at radius 2 is 2.10 bits per heavy atom. The molecule has 4 rings (SSSR count). The molecule has 0 unspecified atom stereocenters. The highest BCUT2D eigenvalue weighted by Gasteiger charge is 2.33. The molecule has 0 bridgehead atoms. The van der Waals surface area contributed by atoms with E-state index < -0.39 is 24.5 Å². The third kappa shape index (κ3) is 3.38. The SMILES string of the molecule is COc1cc([C@@H]2CC(=O)Oc3nc4ccccn4c(=O)c32)ccc1OCC(=O)O. The van der Waals surface area contributed by atoms with Gasteiger partial charge < -0.3 is 19.3 Å². The minimum atomic E-state index is -1.12. The van der Waals surface area contributed by atoms with E-state index in [1.165, 1.54) is 11.5 Å². The second-order valence-corrected chi connectivity index (χ2v) is 6.39. The summed E-state index contributed by atoms with van der Waals surface area (Å²) in [5.41, 5.74) is 0.944. The van der Waals surface area contributed by atoms with Crippen LogP contribution >= 0.6 is 0 Å². The largest absolute Gasteiger partial charge is 0.493 e. The van der Waals surface area contributed by atoms with Gasteiger partial charge in [-0.15, -0.1) is 0 Å². The predicted octanol–water partition coefficient (Wildman–Crippen LogP) is 1.61. The molecule has 9 nitrogen and oxygen atoms in total. The van der Waals surface area contributed by atoms with Gasteiger partial charge in [-0.05, 0) is 29.8 Å². The molecule has 148 valence electrons. The van der Waals surface area contributed by atoms with Gasteiger partial charge in [0.05, 0.1) is 19.1 Å². The molecule has 0 fully saturated rings. The standard InChI is InChI=1S/C20H16N2O7/c1-27-14-8-11(5-6-13(14)28-10-16(23)24)12-9-17(25)29-19-18(12)20(26)22-7-3-2-4-15(22)21-19/h2-8,12H,9-10H2,1H3,(H,23,24)/t12-/m0/s1. The summed E-state index contributed by atoms with van der Waals surface area (Å²) >= 11 is 0. The van der Waals surface area contributed by atoms with Crippen LogP contribution in [0, 0.1) is 0 Å². The van der Waals surface area contributed by atoms with E-state index in [0.717, 1.165) is 0 Å². The molecule has 3 heterocycles. The zero-order valence-electron chi connectivity index (χ0n) is 15.3. The number of carbonyl (C=O) groups excluding carboxylic acids is 1. The number of benzene rings is 1. The minimum Gasteiger partial charge on any atom is -0.493 e. The van der Waals surface area contributed by atoms with Crippen LogP contribution in [0.4, 0.5) is 0 Å². The molecule has 0 saturated heterocycles. The number of esters is 1. The maximum Gasteiger partial charge on any atom is 0.341 e. The highest BCUT2D eigenvalue weighted by molar-refractivity contribution is 5.77. The Kier molecular flexibility index (Phi) is 4.63. The van der Waals surface area contributed by atoms with Gasteiger partial charge in [0.2, 0.25) is 5.88 Å². The van der Waals surface area contributed by atoms with Crippen LogP contribution in [0.3, 0.4) is 0 Å². The number of carboxylic acid groups (broad SMARTS) is 1. The van der Waals surface area contributed by atoms with Crippen molar-refractivity contribution < 1.29 is 28.9 Å². The lowest BCUT2D eigenvalue weighted by molar-refractivity contribution is -0.139. The van der Waals surface area contributed by atoms with Crippen molar-refractivity contribution >= 4 is 17.6 Å². The Balaban J connectivity index is 1.82. The summed E-state index contributed by atoms with van der Waals surface area (Å²) in [5.74, 6) is -1.69. The fourth-order valence-electron chi connectivity index (χ4n) is 3.32. The Morgan fingerprint density at radius 1 is 1.28 bits per heavy atom. The number of aromatic nitrogens is 2. The van der Waals surface area contributed by atoms with Gasteiger partial charge in [-0.3, -0.25) is 14.0 Å². The van der Waals surface area contributed by atoms with Gasteiger partial charge in [-0.1, -0.05) is 12.1 Å². The molecule has 0 amide bonds. The average Bonchev–Trinajstić information content (AvgIpc) is 2.71. The molecule has 0 radical (unpaired) electrons. The molecular weight excluding hydrogens is 380 g/mol. The van der Waals surface area contributed by atoms with Crippen LogP contribution in [0.2, 0.25) is 0 Å². The molecule has 1 aliphatic rings. The molecule has 1 N–H and O–H groups in total. The van der Waals surface area contributed by atoms with E-state index in [-0.39, 0.29) is 34.9 Å². The highest BCUT2D eigenvalue weighted by atomic mass is 16.5. The van der Waals surface area contributed by atoms with E-state index in [1.807, 2.05) is 0 Å². The van der Waals surface area contributed by atoms with Crippen molar-refractivity contribution in [2.75, 3.05) is 13.7 Å². The van der Waals surface area contributed by atoms with Crippen molar-refractivity contribution in [2.45, 2.75) is 12.3 Å². The fourth-order valence-corrected chi connectivity index (χ4v) is 3.32. The second kappa shape index (κ2) is 7.27. The summed E-state index contributed by atoms with van der Waals surface area (Å²) < 4.78 is 17.1. The summed E-state index contributed by atoms with van der Waals surface area (Å²) in [6.45, 7) is -0.522. The third-order valence-electron chi connectivity index (χ3n) is 4.61. The number of pyridine rings is 1. The first kappa shape index (κ1) is 18.5. The summed E-state index contributed by atoms with van der Waals surface area (Å²) in [4.78, 5) is 40.3. The third-order valence-corrected chi connectivity index (χ3v) is 4.61. The molecule has 3 aromatic rings. The van der Waals surface area contributed by atoms with Gasteiger partial charge in [0.15, 0.2) is 18.1 Å². The van der Waals surface area contributed by atoms with Crippen LogP contribution in [0.5, 0.6) is 17.4 Å². The van der Waals surface area contributed by atoms with Gasteiger partial charge in [-0.25, -0.2) is 4.79 Å². The number of carboxylic acids is 1. The number of ether oxygens (including phenoxy) is 3. The molecule has 2 aromatic heterocycles. The number of fused-ring (bicyclic) bond motifs is 2. The summed E-state index contributed by atoms with van der Waals surface area (Å²) in [6.07, 6.45) is 1.56. The van der Waals surface area contributed by atoms with E-state index in [9.17, 15) is 14.4 Å². The molecule has 0 aliphatic carbocycles. The van der Waals surface area contributed by atoms with E-state index in [0.29, 0.717) is 11.2 Å². The van der Waals surface area contributed by atoms with Crippen LogP contribution < -0.4 is 19.8 Å². The second-order valence-electron chi connectivity index (χ2n) is 6.39. The van der Waals surface area contributed by atoms with Crippen molar-refractivity contribution in [1.82, 2.24) is 9.38 Å². The molecule has 9 heteroatoms. The summed E-state index contributed by atoms with van der Waals surface area (Å²) in [7, 11) is 1.42. The Labute approximate surface area is 164 Å². The van der Waals surface area contributed by atoms with Crippen LogP contribution in [-0.2, 0) is 9.59 Å². The summed E-state index contributed by atoms with van der Waals surface area (Å²) in [6, 6.07) is 9.91. The van der Waals surface area contributed by atoms with Gasteiger partial charge in [0.1, 0.15) is 5.65 Å². The van der Waals surface area contributed by atoms with Crippen LogP contribution in [0.25, 0.3) is 5.65 Å². The monoisotopic (exact) mass is 396 g/mol. The Bertz CT molecular complexity index is 1190. The molecular formula is C20H16N2O7. The number of methoxy groups -OCH3 is 1. The first-order valence-electron chi connectivity index (χ1n) is 8.72. The lowest BCUT2D eigenvalue weighted by atomic mass is 9.88. The van der Waals surface area contributed by atoms with E-state index in [2.05, 4.69) is 4.98 Å². The quantitative estimate of drug-likeness (QED) is 0.647. The van der Waals surface area contributed by atoms with Crippen molar-refractivity contribution in [3.8, 4) is 17.4 Å². The number of rotatable bonds is 5. The first-order valence-corrected chi connectivity index (χ1v) is 8.72. The van der Waals surface area contributed by atoms with Crippen LogP contribution in [0.15, 0.2) is 47.4 Å². The van der Waals surface area contributed by atoms with E-state index >= 15 is 0 Å². The molecule has 29 heavy (non-hydrogen) atoms. The fraction of sp³-hybridized carbons (Fsp3) is 0.200. The average molecular weight is 396 g/mol. The molecule has 1 aromatic carbocycles. The minimum absolute atomic E-state index is 0.00683. The van der Waals surface area contributed by atoms with Crippen molar-refractivity contribution in [3.63, 3.8) is 0 Å². The molecule has 0 spiro atoms. The number of aliphatic carboxylic acids is 1. The Morgan fingerprint density at radius 3 is 2.86 bits per heavy atom. The first-order chi connectivity index (χ1) is 14.0. The number of hydrogen-bond donors (Lipinski definition) is 1. The lowest BCUT2D eigenvalue weighted by Crippen LogP contribution is -2.31. The van der Waals surface area contributed by atoms with Gasteiger partial charge in [-0.2, -0.15) is 4.98 Å². The van der Waals surface area contributed by atoms with Crippen molar-refractivity contribution in [1.29, 1.82) is 0 Å². The number of hydrogen-bond acceptors (Lipinski definition) is 7. The molecule has 0 saturated carbocycles. The zero-order valence-corrected chi connectivity index (χ0v) is 15.3. The maximum absolute atomic E-state index is 13.1. The zero-order chi connectivity index (χ0) is 20.5. The van der Waals surface area contributed by atoms with E-state index in [4.69, 9.17) is 19.3 Å². The van der Waals surface area contributed by atoms with Gasteiger partial charge in [0, 0.05) is 12.1 Å². The topological polar surface area (TPSA) is 116 Å². The maximum atomic E-state index is 13.1. The summed E-state index contributed by atoms with van der Waals surface area (Å²) in [5, 5.41) is 8.79. The smallest absolute Gasteiger partial charge is 0.341 e. The van der Waals surface area contributed by atoms with Crippen molar-refractivity contribution in [3.05, 3.63) is 64.1 Å². The molecule has 1 atom stereocenters. The van der Waals surface area contributed by atoms with Crippen LogP contribution in [0.1, 0.15) is 23.5 Å². The Hall–Kier alpha value is -3.88. The van der Waals surface area contributed by atoms with Crippen molar-refractivity contribution in [2.24, 2.45) is 0 Å². The van der Waals surface area contributed by atoms with Gasteiger partial charge in [0.25, 0.3) is 5.56 Å². The van der Waals surface area contributed by atoms with Gasteiger partial charge >= 0.3 is 11.9 Å². The normalized spacial score (nSPS) is 15.5. The predicted molar refractivity (Wildman–Crippen MR) is 99.7 cm³/mol. The highest BCUT2D eigenvalue weighted by Crippen LogP contribution is 2.39. The van der Waals surface area contributed by atoms with Crippen LogP contribution in [-0.4, -0.2) is 40.1 Å². The molecule has 1 aliphatic heterocycles.